The van der Waals surface area contributed by atoms with Crippen LogP contribution in [-0.4, -0.2) is 47.5 Å². The fourth-order valence-electron chi connectivity index (χ4n) is 1.88. The summed E-state index contributed by atoms with van der Waals surface area (Å²) in [5.74, 6) is 1.37. The summed E-state index contributed by atoms with van der Waals surface area (Å²) in [6, 6.07) is 0.532. The lowest BCUT2D eigenvalue weighted by molar-refractivity contribution is -0.129. The molecule has 0 aromatic heterocycles. The second-order valence-electron chi connectivity index (χ2n) is 4.02. The molecule has 0 radical (unpaired) electrons. The fraction of sp³-hybridized carbons (Fsp3) is 0.909. The minimum Gasteiger partial charge on any atom is -0.342 e. The standard InChI is InChI=1S/C11H22N2OS/c1-4-13(5-2)11(14)7-12-10-6-9(3)15-8-10/h9-10,12H,4-8H2,1-3H3. The van der Waals surface area contributed by atoms with E-state index in [0.29, 0.717) is 12.6 Å². The predicted octanol–water partition coefficient (Wildman–Crippen LogP) is 1.34. The Balaban J connectivity index is 2.21. The van der Waals surface area contributed by atoms with Crippen LogP contribution in [0.3, 0.4) is 0 Å². The van der Waals surface area contributed by atoms with Crippen molar-refractivity contribution < 1.29 is 4.79 Å². The Hall–Kier alpha value is -0.220. The summed E-state index contributed by atoms with van der Waals surface area (Å²) in [7, 11) is 0. The molecule has 4 heteroatoms. The largest absolute Gasteiger partial charge is 0.342 e. The Morgan fingerprint density at radius 1 is 1.47 bits per heavy atom. The van der Waals surface area contributed by atoms with Crippen LogP contribution in [0.15, 0.2) is 0 Å². The molecule has 1 saturated heterocycles. The molecule has 0 aromatic rings. The zero-order chi connectivity index (χ0) is 11.3. The minimum atomic E-state index is 0.226. The van der Waals surface area contributed by atoms with Crippen molar-refractivity contribution in [2.75, 3.05) is 25.4 Å². The molecular formula is C11H22N2OS. The zero-order valence-electron chi connectivity index (χ0n) is 9.95. The number of likely N-dealkylation sites (N-methyl/N-ethyl adjacent to an activating group) is 1. The molecule has 1 aliphatic rings. The summed E-state index contributed by atoms with van der Waals surface area (Å²) in [5, 5.41) is 4.09. The molecule has 0 bridgehead atoms. The van der Waals surface area contributed by atoms with Gasteiger partial charge in [0.2, 0.25) is 5.91 Å². The van der Waals surface area contributed by atoms with Crippen molar-refractivity contribution in [2.24, 2.45) is 0 Å². The maximum atomic E-state index is 11.7. The number of thioether (sulfide) groups is 1. The molecule has 2 unspecified atom stereocenters. The average Bonchev–Trinajstić information content (AvgIpc) is 2.63. The van der Waals surface area contributed by atoms with E-state index in [9.17, 15) is 4.79 Å². The number of amides is 1. The van der Waals surface area contributed by atoms with E-state index in [1.54, 1.807) is 0 Å². The second-order valence-corrected chi connectivity index (χ2v) is 5.49. The topological polar surface area (TPSA) is 32.3 Å². The normalized spacial score (nSPS) is 25.5. The Bertz CT molecular complexity index is 207. The van der Waals surface area contributed by atoms with Gasteiger partial charge < -0.3 is 10.2 Å². The number of carbonyl (C=O) groups excluding carboxylic acids is 1. The Morgan fingerprint density at radius 3 is 2.60 bits per heavy atom. The minimum absolute atomic E-state index is 0.226. The smallest absolute Gasteiger partial charge is 0.236 e. The third kappa shape index (κ3) is 4.03. The van der Waals surface area contributed by atoms with Crippen LogP contribution in [0.4, 0.5) is 0 Å². The van der Waals surface area contributed by atoms with Gasteiger partial charge in [0, 0.05) is 30.1 Å². The Kier molecular flexibility index (Phi) is 5.47. The first-order valence-electron chi connectivity index (χ1n) is 5.80. The summed E-state index contributed by atoms with van der Waals surface area (Å²) in [6.45, 7) is 8.42. The van der Waals surface area contributed by atoms with E-state index in [4.69, 9.17) is 0 Å². The molecule has 0 spiro atoms. The van der Waals surface area contributed by atoms with Crippen LogP contribution >= 0.6 is 11.8 Å². The molecule has 1 fully saturated rings. The van der Waals surface area contributed by atoms with Gasteiger partial charge in [0.1, 0.15) is 0 Å². The highest BCUT2D eigenvalue weighted by molar-refractivity contribution is 8.00. The van der Waals surface area contributed by atoms with Gasteiger partial charge in [-0.1, -0.05) is 6.92 Å². The van der Waals surface area contributed by atoms with Crippen molar-refractivity contribution in [2.45, 2.75) is 38.5 Å². The van der Waals surface area contributed by atoms with Crippen molar-refractivity contribution >= 4 is 17.7 Å². The highest BCUT2D eigenvalue weighted by atomic mass is 32.2. The first-order chi connectivity index (χ1) is 7.17. The number of hydrogen-bond donors (Lipinski definition) is 1. The zero-order valence-corrected chi connectivity index (χ0v) is 10.8. The predicted molar refractivity (Wildman–Crippen MR) is 66.3 cm³/mol. The molecule has 15 heavy (non-hydrogen) atoms. The molecule has 2 atom stereocenters. The highest BCUT2D eigenvalue weighted by Crippen LogP contribution is 2.25. The molecule has 1 N–H and O–H groups in total. The number of carbonyl (C=O) groups is 1. The van der Waals surface area contributed by atoms with Crippen molar-refractivity contribution in [3.05, 3.63) is 0 Å². The summed E-state index contributed by atoms with van der Waals surface area (Å²) >= 11 is 1.99. The number of rotatable bonds is 5. The van der Waals surface area contributed by atoms with Gasteiger partial charge in [-0.2, -0.15) is 11.8 Å². The number of hydrogen-bond acceptors (Lipinski definition) is 3. The lowest BCUT2D eigenvalue weighted by Crippen LogP contribution is -2.41. The van der Waals surface area contributed by atoms with Gasteiger partial charge in [-0.3, -0.25) is 4.79 Å². The van der Waals surface area contributed by atoms with Crippen LogP contribution < -0.4 is 5.32 Å². The van der Waals surface area contributed by atoms with E-state index in [1.807, 2.05) is 30.5 Å². The van der Waals surface area contributed by atoms with Gasteiger partial charge in [0.15, 0.2) is 0 Å². The van der Waals surface area contributed by atoms with E-state index in [-0.39, 0.29) is 5.91 Å². The quantitative estimate of drug-likeness (QED) is 0.773. The first-order valence-corrected chi connectivity index (χ1v) is 6.85. The monoisotopic (exact) mass is 230 g/mol. The number of nitrogens with zero attached hydrogens (tertiary/aromatic N) is 1. The molecule has 88 valence electrons. The van der Waals surface area contributed by atoms with Gasteiger partial charge >= 0.3 is 0 Å². The summed E-state index contributed by atoms with van der Waals surface area (Å²) in [6.07, 6.45) is 1.19. The Morgan fingerprint density at radius 2 is 2.13 bits per heavy atom. The van der Waals surface area contributed by atoms with E-state index < -0.39 is 0 Å². The second kappa shape index (κ2) is 6.38. The Labute approximate surface area is 97.0 Å². The van der Waals surface area contributed by atoms with Crippen molar-refractivity contribution in [3.8, 4) is 0 Å². The van der Waals surface area contributed by atoms with Crippen LogP contribution in [0.2, 0.25) is 0 Å². The maximum absolute atomic E-state index is 11.7. The molecule has 0 aliphatic carbocycles. The molecular weight excluding hydrogens is 208 g/mol. The molecule has 0 saturated carbocycles. The third-order valence-electron chi connectivity index (χ3n) is 2.86. The molecule has 3 nitrogen and oxygen atoms in total. The van der Waals surface area contributed by atoms with Crippen molar-refractivity contribution in [1.29, 1.82) is 0 Å². The van der Waals surface area contributed by atoms with Crippen molar-refractivity contribution in [3.63, 3.8) is 0 Å². The maximum Gasteiger partial charge on any atom is 0.236 e. The van der Waals surface area contributed by atoms with Gasteiger partial charge in [0.25, 0.3) is 0 Å². The van der Waals surface area contributed by atoms with Gasteiger partial charge in [-0.25, -0.2) is 0 Å². The SMILES string of the molecule is CCN(CC)C(=O)CNC1CSC(C)C1. The first kappa shape index (κ1) is 12.8. The van der Waals surface area contributed by atoms with Crippen LogP contribution in [0.5, 0.6) is 0 Å². The fourth-order valence-corrected chi connectivity index (χ4v) is 3.06. The van der Waals surface area contributed by atoms with E-state index in [2.05, 4.69) is 12.2 Å². The lowest BCUT2D eigenvalue weighted by Gasteiger charge is -2.20. The summed E-state index contributed by atoms with van der Waals surface area (Å²) < 4.78 is 0. The van der Waals surface area contributed by atoms with Gasteiger partial charge in [-0.15, -0.1) is 0 Å². The third-order valence-corrected chi connectivity index (χ3v) is 4.21. The molecule has 1 aliphatic heterocycles. The molecule has 1 amide bonds. The average molecular weight is 230 g/mol. The van der Waals surface area contributed by atoms with Gasteiger partial charge in [-0.05, 0) is 20.3 Å². The van der Waals surface area contributed by atoms with Crippen LogP contribution in [-0.2, 0) is 4.79 Å². The summed E-state index contributed by atoms with van der Waals surface area (Å²) in [4.78, 5) is 13.6. The lowest BCUT2D eigenvalue weighted by atomic mass is 10.2. The van der Waals surface area contributed by atoms with E-state index in [1.165, 1.54) is 6.42 Å². The van der Waals surface area contributed by atoms with E-state index in [0.717, 1.165) is 24.1 Å². The van der Waals surface area contributed by atoms with Crippen LogP contribution in [0, 0.1) is 0 Å². The molecule has 1 rings (SSSR count). The molecule has 0 aromatic carbocycles. The van der Waals surface area contributed by atoms with Crippen LogP contribution in [0.1, 0.15) is 27.2 Å². The number of nitrogens with one attached hydrogen (secondary N) is 1. The highest BCUT2D eigenvalue weighted by Gasteiger charge is 2.22. The van der Waals surface area contributed by atoms with E-state index >= 15 is 0 Å². The van der Waals surface area contributed by atoms with Crippen molar-refractivity contribution in [1.82, 2.24) is 10.2 Å². The molecule has 1 heterocycles. The van der Waals surface area contributed by atoms with Gasteiger partial charge in [0.05, 0.1) is 6.54 Å². The summed E-state index contributed by atoms with van der Waals surface area (Å²) in [5.41, 5.74) is 0. The van der Waals surface area contributed by atoms with Crippen LogP contribution in [0.25, 0.3) is 0 Å².